The summed E-state index contributed by atoms with van der Waals surface area (Å²) in [6, 6.07) is 5.34. The van der Waals surface area contributed by atoms with Crippen molar-refractivity contribution in [3.63, 3.8) is 0 Å². The Morgan fingerprint density at radius 2 is 1.71 bits per heavy atom. The number of nitrogens with two attached hydrogens (primary N) is 1. The molecule has 2 nitrogen and oxygen atoms in total. The molecule has 0 saturated carbocycles. The third-order valence-electron chi connectivity index (χ3n) is 1.37. The maximum atomic E-state index is 12.5. The quantitative estimate of drug-likeness (QED) is 0.467. The zero-order valence-electron chi connectivity index (χ0n) is 6.85. The molecule has 0 unspecified atom stereocenters. The number of benzene rings is 1. The Kier molecular flexibility index (Phi) is 3.59. The lowest BCUT2D eigenvalue weighted by atomic mass is 10.3. The maximum Gasteiger partial charge on any atom is 0.247 e. The van der Waals surface area contributed by atoms with Gasteiger partial charge in [-0.1, -0.05) is 34.8 Å². The van der Waals surface area contributed by atoms with Crippen LogP contribution in [0.15, 0.2) is 29.3 Å². The van der Waals surface area contributed by atoms with Gasteiger partial charge in [-0.25, -0.2) is 9.38 Å². The molecule has 14 heavy (non-hydrogen) atoms. The molecule has 0 aliphatic heterocycles. The number of halogens is 4. The minimum Gasteiger partial charge on any atom is -0.384 e. The second-order valence-electron chi connectivity index (χ2n) is 2.47. The van der Waals surface area contributed by atoms with Crippen LogP contribution in [-0.4, -0.2) is 9.63 Å². The summed E-state index contributed by atoms with van der Waals surface area (Å²) in [5.74, 6) is -0.523. The first-order chi connectivity index (χ1) is 6.39. The third kappa shape index (κ3) is 3.33. The fraction of sp³-hybridized carbons (Fsp3) is 0.125. The van der Waals surface area contributed by atoms with Crippen LogP contribution in [0.1, 0.15) is 0 Å². The van der Waals surface area contributed by atoms with Gasteiger partial charge in [0, 0.05) is 0 Å². The summed E-state index contributed by atoms with van der Waals surface area (Å²) in [5.41, 5.74) is 5.81. The molecule has 1 aromatic carbocycles. The highest BCUT2D eigenvalue weighted by Gasteiger charge is 2.25. The van der Waals surface area contributed by atoms with Crippen LogP contribution in [-0.2, 0) is 0 Å². The van der Waals surface area contributed by atoms with Crippen molar-refractivity contribution in [2.45, 2.75) is 3.79 Å². The van der Waals surface area contributed by atoms with Crippen molar-refractivity contribution in [2.75, 3.05) is 0 Å². The molecule has 1 rings (SSSR count). The Balaban J connectivity index is 2.93. The smallest absolute Gasteiger partial charge is 0.247 e. The van der Waals surface area contributed by atoms with Gasteiger partial charge >= 0.3 is 0 Å². The minimum absolute atomic E-state index is 0.158. The SMILES string of the molecule is NC(=Nc1ccc(F)cc1)C(Cl)(Cl)Cl. The van der Waals surface area contributed by atoms with Gasteiger partial charge in [0.05, 0.1) is 5.69 Å². The highest BCUT2D eigenvalue weighted by Crippen LogP contribution is 2.27. The molecule has 1 aromatic rings. The average molecular weight is 256 g/mol. The second kappa shape index (κ2) is 4.34. The largest absolute Gasteiger partial charge is 0.384 e. The molecular formula is C8H6Cl3FN2. The van der Waals surface area contributed by atoms with Crippen LogP contribution in [0.25, 0.3) is 0 Å². The number of rotatable bonds is 1. The van der Waals surface area contributed by atoms with E-state index < -0.39 is 3.79 Å². The number of amidine groups is 1. The Hall–Kier alpha value is -0.510. The summed E-state index contributed by atoms with van der Waals surface area (Å²) in [6.45, 7) is 0. The van der Waals surface area contributed by atoms with Crippen molar-refractivity contribution in [1.82, 2.24) is 0 Å². The molecule has 0 fully saturated rings. The van der Waals surface area contributed by atoms with Crippen LogP contribution in [0.2, 0.25) is 0 Å². The van der Waals surface area contributed by atoms with Crippen molar-refractivity contribution in [2.24, 2.45) is 10.7 Å². The molecule has 0 saturated heterocycles. The normalized spacial score (nSPS) is 13.0. The molecular weight excluding hydrogens is 249 g/mol. The molecule has 2 N–H and O–H groups in total. The number of hydrogen-bond acceptors (Lipinski definition) is 1. The van der Waals surface area contributed by atoms with Gasteiger partial charge in [-0.3, -0.25) is 0 Å². The maximum absolute atomic E-state index is 12.5. The topological polar surface area (TPSA) is 38.4 Å². The molecule has 0 bridgehead atoms. The second-order valence-corrected chi connectivity index (χ2v) is 4.75. The molecule has 0 heterocycles. The Bertz CT molecular complexity index is 343. The molecule has 0 radical (unpaired) electrons. The summed E-state index contributed by atoms with van der Waals surface area (Å²) >= 11 is 16.4. The molecule has 0 aromatic heterocycles. The summed E-state index contributed by atoms with van der Waals surface area (Å²) in [7, 11) is 0. The lowest BCUT2D eigenvalue weighted by molar-refractivity contribution is 0.628. The number of hydrogen-bond donors (Lipinski definition) is 1. The van der Waals surface area contributed by atoms with Crippen molar-refractivity contribution in [3.05, 3.63) is 30.1 Å². The van der Waals surface area contributed by atoms with E-state index in [0.29, 0.717) is 5.69 Å². The third-order valence-corrected chi connectivity index (χ3v) is 1.95. The molecule has 0 aliphatic carbocycles. The van der Waals surface area contributed by atoms with Gasteiger partial charge in [-0.15, -0.1) is 0 Å². The van der Waals surface area contributed by atoms with E-state index in [-0.39, 0.29) is 11.7 Å². The van der Waals surface area contributed by atoms with Gasteiger partial charge < -0.3 is 5.73 Å². The lowest BCUT2D eigenvalue weighted by Crippen LogP contribution is -2.27. The van der Waals surface area contributed by atoms with E-state index in [1.54, 1.807) is 0 Å². The van der Waals surface area contributed by atoms with E-state index in [1.165, 1.54) is 24.3 Å². The van der Waals surface area contributed by atoms with Crippen LogP contribution in [0.4, 0.5) is 10.1 Å². The highest BCUT2D eigenvalue weighted by atomic mass is 35.6. The highest BCUT2D eigenvalue weighted by molar-refractivity contribution is 6.76. The van der Waals surface area contributed by atoms with Gasteiger partial charge in [0.15, 0.2) is 5.84 Å². The van der Waals surface area contributed by atoms with Crippen molar-refractivity contribution >= 4 is 46.3 Å². The lowest BCUT2D eigenvalue weighted by Gasteiger charge is -2.09. The molecule has 76 valence electrons. The van der Waals surface area contributed by atoms with E-state index in [0.717, 1.165) is 0 Å². The predicted molar refractivity (Wildman–Crippen MR) is 58.0 cm³/mol. The van der Waals surface area contributed by atoms with Gasteiger partial charge in [0.2, 0.25) is 3.79 Å². The monoisotopic (exact) mass is 254 g/mol. The minimum atomic E-state index is -1.74. The van der Waals surface area contributed by atoms with E-state index >= 15 is 0 Å². The van der Waals surface area contributed by atoms with Crippen molar-refractivity contribution < 1.29 is 4.39 Å². The first-order valence-corrected chi connectivity index (χ1v) is 4.70. The number of aliphatic imine (C=N–C) groups is 1. The van der Waals surface area contributed by atoms with E-state index in [2.05, 4.69) is 4.99 Å². The summed E-state index contributed by atoms with van der Waals surface area (Å²) in [5, 5.41) is 0. The fourth-order valence-corrected chi connectivity index (χ4v) is 0.845. The predicted octanol–water partition coefficient (Wildman–Crippen LogP) is 3.18. The molecule has 0 spiro atoms. The number of nitrogens with zero attached hydrogens (tertiary/aromatic N) is 1. The Morgan fingerprint density at radius 3 is 2.14 bits per heavy atom. The molecule has 0 atom stereocenters. The fourth-order valence-electron chi connectivity index (χ4n) is 0.718. The van der Waals surface area contributed by atoms with Crippen LogP contribution in [0, 0.1) is 5.82 Å². The van der Waals surface area contributed by atoms with Crippen LogP contribution in [0.3, 0.4) is 0 Å². The summed E-state index contributed by atoms with van der Waals surface area (Å²) in [4.78, 5) is 3.80. The van der Waals surface area contributed by atoms with Gasteiger partial charge in [0.25, 0.3) is 0 Å². The van der Waals surface area contributed by atoms with Gasteiger partial charge in [-0.05, 0) is 24.3 Å². The van der Waals surface area contributed by atoms with Crippen molar-refractivity contribution in [3.8, 4) is 0 Å². The molecule has 0 amide bonds. The van der Waals surface area contributed by atoms with Gasteiger partial charge in [-0.2, -0.15) is 0 Å². The van der Waals surface area contributed by atoms with Crippen LogP contribution < -0.4 is 5.73 Å². The Morgan fingerprint density at radius 1 is 1.21 bits per heavy atom. The summed E-state index contributed by atoms with van der Waals surface area (Å²) in [6.07, 6.45) is 0. The first kappa shape index (κ1) is 11.6. The number of alkyl halides is 3. The van der Waals surface area contributed by atoms with Gasteiger partial charge in [0.1, 0.15) is 5.82 Å². The molecule has 6 heteroatoms. The average Bonchev–Trinajstić information content (AvgIpc) is 2.07. The zero-order valence-corrected chi connectivity index (χ0v) is 9.11. The Labute approximate surface area is 95.5 Å². The summed E-state index contributed by atoms with van der Waals surface area (Å²) < 4.78 is 10.8. The standard InChI is InChI=1S/C8H6Cl3FN2/c9-8(10,11)7(13)14-6-3-1-5(12)2-4-6/h1-4H,(H2,13,14). The zero-order chi connectivity index (χ0) is 10.8. The van der Waals surface area contributed by atoms with E-state index in [1.807, 2.05) is 0 Å². The van der Waals surface area contributed by atoms with Crippen molar-refractivity contribution in [1.29, 1.82) is 0 Å². The van der Waals surface area contributed by atoms with Crippen LogP contribution >= 0.6 is 34.8 Å². The molecule has 0 aliphatic rings. The van der Waals surface area contributed by atoms with E-state index in [9.17, 15) is 4.39 Å². The van der Waals surface area contributed by atoms with Crippen LogP contribution in [0.5, 0.6) is 0 Å². The van der Waals surface area contributed by atoms with E-state index in [4.69, 9.17) is 40.5 Å². The first-order valence-electron chi connectivity index (χ1n) is 3.56.